The van der Waals surface area contributed by atoms with E-state index in [1.165, 1.54) is 12.1 Å². The Balaban J connectivity index is 1.77. The standard InChI is InChI=1S/C23H22BrN3O5/c1-4-26-23(19(24)13-25-26)21(28)9-5-16-6-10-22(31-3)17(12-16)14-32-18-7-8-20(27(29)30)15(2)11-18/h5-13H,4,14H2,1-3H3/b9-5+. The predicted molar refractivity (Wildman–Crippen MR) is 124 cm³/mol. The number of ketones is 1. The van der Waals surface area contributed by atoms with Crippen LogP contribution in [0.2, 0.25) is 0 Å². The summed E-state index contributed by atoms with van der Waals surface area (Å²) in [5, 5.41) is 15.1. The van der Waals surface area contributed by atoms with Gasteiger partial charge in [0.25, 0.3) is 5.69 Å². The molecule has 0 amide bonds. The second-order valence-corrected chi connectivity index (χ2v) is 7.77. The highest BCUT2D eigenvalue weighted by atomic mass is 79.9. The molecule has 32 heavy (non-hydrogen) atoms. The van der Waals surface area contributed by atoms with E-state index < -0.39 is 4.92 Å². The number of carbonyl (C=O) groups is 1. The van der Waals surface area contributed by atoms with Crippen LogP contribution < -0.4 is 9.47 Å². The number of halogens is 1. The van der Waals surface area contributed by atoms with E-state index in [4.69, 9.17) is 9.47 Å². The number of methoxy groups -OCH3 is 1. The van der Waals surface area contributed by atoms with Crippen molar-refractivity contribution in [2.24, 2.45) is 0 Å². The van der Waals surface area contributed by atoms with Gasteiger partial charge in [0.15, 0.2) is 0 Å². The molecule has 0 atom stereocenters. The van der Waals surface area contributed by atoms with Gasteiger partial charge in [0.2, 0.25) is 5.78 Å². The molecule has 9 heteroatoms. The molecular formula is C23H22BrN3O5. The van der Waals surface area contributed by atoms with E-state index in [-0.39, 0.29) is 18.1 Å². The maximum absolute atomic E-state index is 12.6. The largest absolute Gasteiger partial charge is 0.496 e. The molecule has 0 N–H and O–H groups in total. The summed E-state index contributed by atoms with van der Waals surface area (Å²) in [5.41, 5.74) is 2.64. The first-order valence-electron chi connectivity index (χ1n) is 9.82. The summed E-state index contributed by atoms with van der Waals surface area (Å²) in [6.07, 6.45) is 4.83. The van der Waals surface area contributed by atoms with E-state index >= 15 is 0 Å². The second kappa shape index (κ2) is 10.2. The normalized spacial score (nSPS) is 11.0. The van der Waals surface area contributed by atoms with Crippen molar-refractivity contribution in [1.82, 2.24) is 9.78 Å². The zero-order chi connectivity index (χ0) is 23.3. The summed E-state index contributed by atoms with van der Waals surface area (Å²) < 4.78 is 13.5. The summed E-state index contributed by atoms with van der Waals surface area (Å²) >= 11 is 3.37. The van der Waals surface area contributed by atoms with Crippen LogP contribution in [0, 0.1) is 17.0 Å². The second-order valence-electron chi connectivity index (χ2n) is 6.92. The van der Waals surface area contributed by atoms with E-state index in [9.17, 15) is 14.9 Å². The first kappa shape index (κ1) is 23.2. The summed E-state index contributed by atoms with van der Waals surface area (Å²) in [6, 6.07) is 10.1. The van der Waals surface area contributed by atoms with Crippen LogP contribution in [0.1, 0.15) is 34.1 Å². The van der Waals surface area contributed by atoms with Crippen LogP contribution in [0.5, 0.6) is 11.5 Å². The molecule has 0 fully saturated rings. The number of aryl methyl sites for hydroxylation is 2. The Bertz CT molecular complexity index is 1190. The number of nitrogens with zero attached hydrogens (tertiary/aromatic N) is 3. The number of hydrogen-bond donors (Lipinski definition) is 0. The minimum Gasteiger partial charge on any atom is -0.496 e. The van der Waals surface area contributed by atoms with Crippen LogP contribution in [0.25, 0.3) is 6.08 Å². The Labute approximate surface area is 193 Å². The summed E-state index contributed by atoms with van der Waals surface area (Å²) in [5.74, 6) is 0.995. The highest BCUT2D eigenvalue weighted by molar-refractivity contribution is 9.10. The monoisotopic (exact) mass is 499 g/mol. The Hall–Kier alpha value is -3.46. The van der Waals surface area contributed by atoms with Crippen LogP contribution in [0.4, 0.5) is 5.69 Å². The lowest BCUT2D eigenvalue weighted by molar-refractivity contribution is -0.385. The summed E-state index contributed by atoms with van der Waals surface area (Å²) in [4.78, 5) is 23.2. The molecule has 0 saturated heterocycles. The molecule has 0 spiro atoms. The van der Waals surface area contributed by atoms with Gasteiger partial charge in [-0.05, 0) is 65.7 Å². The predicted octanol–water partition coefficient (Wildman–Crippen LogP) is 5.37. The third-order valence-electron chi connectivity index (χ3n) is 4.82. The van der Waals surface area contributed by atoms with Crippen molar-refractivity contribution in [3.05, 3.63) is 85.6 Å². The van der Waals surface area contributed by atoms with Crippen molar-refractivity contribution >= 4 is 33.5 Å². The first-order valence-corrected chi connectivity index (χ1v) is 10.6. The number of hydrogen-bond acceptors (Lipinski definition) is 6. The fraction of sp³-hybridized carbons (Fsp3) is 0.217. The maximum Gasteiger partial charge on any atom is 0.272 e. The molecule has 0 bridgehead atoms. The molecule has 0 aliphatic carbocycles. The SMILES string of the molecule is CCn1ncc(Br)c1C(=O)/C=C/c1ccc(OC)c(COc2ccc([N+](=O)[O-])c(C)c2)c1. The molecule has 0 aliphatic rings. The van der Waals surface area contributed by atoms with E-state index in [0.29, 0.717) is 33.8 Å². The number of nitro groups is 1. The van der Waals surface area contributed by atoms with Gasteiger partial charge in [0.05, 0.1) is 22.7 Å². The number of allylic oxidation sites excluding steroid dienone is 1. The zero-order valence-electron chi connectivity index (χ0n) is 17.9. The fourth-order valence-corrected chi connectivity index (χ4v) is 3.69. The van der Waals surface area contributed by atoms with E-state index in [2.05, 4.69) is 21.0 Å². The van der Waals surface area contributed by atoms with Crippen LogP contribution >= 0.6 is 15.9 Å². The fourth-order valence-electron chi connectivity index (χ4n) is 3.20. The molecule has 0 saturated carbocycles. The van der Waals surface area contributed by atoms with Gasteiger partial charge in [0, 0.05) is 23.7 Å². The minimum atomic E-state index is -0.425. The molecule has 8 nitrogen and oxygen atoms in total. The first-order chi connectivity index (χ1) is 15.3. The minimum absolute atomic E-state index is 0.0442. The topological polar surface area (TPSA) is 96.5 Å². The maximum atomic E-state index is 12.6. The lowest BCUT2D eigenvalue weighted by Crippen LogP contribution is -2.07. The summed E-state index contributed by atoms with van der Waals surface area (Å²) in [6.45, 7) is 4.37. The Morgan fingerprint density at radius 1 is 1.28 bits per heavy atom. The van der Waals surface area contributed by atoms with Crippen molar-refractivity contribution in [1.29, 1.82) is 0 Å². The van der Waals surface area contributed by atoms with Gasteiger partial charge in [-0.1, -0.05) is 12.1 Å². The number of nitro benzene ring substituents is 1. The lowest BCUT2D eigenvalue weighted by atomic mass is 10.1. The molecule has 1 aromatic heterocycles. The van der Waals surface area contributed by atoms with Gasteiger partial charge in [0.1, 0.15) is 23.8 Å². The van der Waals surface area contributed by atoms with Crippen molar-refractivity contribution in [3.63, 3.8) is 0 Å². The average Bonchev–Trinajstić information content (AvgIpc) is 3.16. The van der Waals surface area contributed by atoms with Crippen molar-refractivity contribution < 1.29 is 19.2 Å². The highest BCUT2D eigenvalue weighted by Gasteiger charge is 2.14. The molecule has 0 radical (unpaired) electrons. The third kappa shape index (κ3) is 5.23. The van der Waals surface area contributed by atoms with Crippen LogP contribution in [-0.2, 0) is 13.2 Å². The number of carbonyl (C=O) groups excluding carboxylic acids is 1. The molecule has 3 aromatic rings. The molecule has 2 aromatic carbocycles. The van der Waals surface area contributed by atoms with Gasteiger partial charge in [-0.15, -0.1) is 0 Å². The van der Waals surface area contributed by atoms with Gasteiger partial charge < -0.3 is 9.47 Å². The third-order valence-corrected chi connectivity index (χ3v) is 5.40. The Kier molecular flexibility index (Phi) is 7.42. The van der Waals surface area contributed by atoms with Crippen LogP contribution in [0.15, 0.2) is 53.1 Å². The molecule has 166 valence electrons. The van der Waals surface area contributed by atoms with E-state index in [1.807, 2.05) is 19.1 Å². The quantitative estimate of drug-likeness (QED) is 0.170. The molecule has 0 aliphatic heterocycles. The van der Waals surface area contributed by atoms with Crippen LogP contribution in [0.3, 0.4) is 0 Å². The van der Waals surface area contributed by atoms with Gasteiger partial charge in [-0.3, -0.25) is 19.6 Å². The molecule has 0 unspecified atom stereocenters. The van der Waals surface area contributed by atoms with E-state index in [0.717, 1.165) is 11.1 Å². The molecule has 3 rings (SSSR count). The van der Waals surface area contributed by atoms with Gasteiger partial charge >= 0.3 is 0 Å². The zero-order valence-corrected chi connectivity index (χ0v) is 19.5. The molecular weight excluding hydrogens is 478 g/mol. The highest BCUT2D eigenvalue weighted by Crippen LogP contribution is 2.26. The smallest absolute Gasteiger partial charge is 0.272 e. The lowest BCUT2D eigenvalue weighted by Gasteiger charge is -2.12. The van der Waals surface area contributed by atoms with Crippen molar-refractivity contribution in [2.75, 3.05) is 7.11 Å². The van der Waals surface area contributed by atoms with Crippen LogP contribution in [-0.4, -0.2) is 27.6 Å². The van der Waals surface area contributed by atoms with Gasteiger partial charge in [-0.25, -0.2) is 0 Å². The number of aromatic nitrogens is 2. The van der Waals surface area contributed by atoms with Crippen molar-refractivity contribution in [2.45, 2.75) is 27.0 Å². The number of rotatable bonds is 9. The number of ether oxygens (including phenoxy) is 2. The average molecular weight is 500 g/mol. The summed E-state index contributed by atoms with van der Waals surface area (Å²) in [7, 11) is 1.57. The van der Waals surface area contributed by atoms with E-state index in [1.54, 1.807) is 49.2 Å². The number of benzene rings is 2. The Morgan fingerprint density at radius 2 is 2.06 bits per heavy atom. The Morgan fingerprint density at radius 3 is 2.72 bits per heavy atom. The van der Waals surface area contributed by atoms with Gasteiger partial charge in [-0.2, -0.15) is 5.10 Å². The van der Waals surface area contributed by atoms with Crippen molar-refractivity contribution in [3.8, 4) is 11.5 Å². The molecule has 1 heterocycles.